The van der Waals surface area contributed by atoms with Gasteiger partial charge >= 0.3 is 0 Å². The third-order valence-electron chi connectivity index (χ3n) is 2.67. The third-order valence-corrected chi connectivity index (χ3v) is 2.67. The normalized spacial score (nSPS) is 50.8. The van der Waals surface area contributed by atoms with Crippen molar-refractivity contribution in [2.24, 2.45) is 17.8 Å². The summed E-state index contributed by atoms with van der Waals surface area (Å²) in [5.41, 5.74) is 1.62. The highest BCUT2D eigenvalue weighted by Gasteiger charge is 2.47. The van der Waals surface area contributed by atoms with Crippen LogP contribution in [0.5, 0.6) is 0 Å². The second-order valence-corrected chi connectivity index (χ2v) is 3.32. The van der Waals surface area contributed by atoms with Gasteiger partial charge in [-0.15, -0.1) is 0 Å². The summed E-state index contributed by atoms with van der Waals surface area (Å²) >= 11 is 0. The molecule has 1 fully saturated rings. The topological polar surface area (TPSA) is 0 Å². The first kappa shape index (κ1) is 4.60. The van der Waals surface area contributed by atoms with Crippen LogP contribution in [-0.4, -0.2) is 0 Å². The standard InChI is InChI=1S/C8H12/c1-5-3-7-6(2)8(7)4-5/h3,6-8H,4H2,1-2H3. The van der Waals surface area contributed by atoms with Gasteiger partial charge in [-0.3, -0.25) is 0 Å². The zero-order valence-corrected chi connectivity index (χ0v) is 5.52. The average Bonchev–Trinajstić information content (AvgIpc) is 2.29. The van der Waals surface area contributed by atoms with E-state index >= 15 is 0 Å². The van der Waals surface area contributed by atoms with Gasteiger partial charge < -0.3 is 0 Å². The van der Waals surface area contributed by atoms with Crippen molar-refractivity contribution in [1.29, 1.82) is 0 Å². The molecule has 1 saturated carbocycles. The molecule has 8 heavy (non-hydrogen) atoms. The largest absolute Gasteiger partial charge is 0.0819 e. The van der Waals surface area contributed by atoms with Crippen LogP contribution < -0.4 is 0 Å². The smallest absolute Gasteiger partial charge is 0.0168 e. The molecule has 44 valence electrons. The molecule has 2 rings (SSSR count). The molecule has 0 aromatic rings. The van der Waals surface area contributed by atoms with Crippen molar-refractivity contribution in [2.45, 2.75) is 20.3 Å². The van der Waals surface area contributed by atoms with Gasteiger partial charge in [0.2, 0.25) is 0 Å². The maximum atomic E-state index is 2.45. The van der Waals surface area contributed by atoms with Crippen molar-refractivity contribution >= 4 is 0 Å². The Morgan fingerprint density at radius 3 is 2.75 bits per heavy atom. The summed E-state index contributed by atoms with van der Waals surface area (Å²) in [7, 11) is 0. The second kappa shape index (κ2) is 1.18. The summed E-state index contributed by atoms with van der Waals surface area (Å²) in [6.45, 7) is 4.61. The summed E-state index contributed by atoms with van der Waals surface area (Å²) in [6.07, 6.45) is 3.85. The lowest BCUT2D eigenvalue weighted by atomic mass is 10.1. The molecular formula is C8H12. The van der Waals surface area contributed by atoms with E-state index in [1.54, 1.807) is 5.57 Å². The minimum Gasteiger partial charge on any atom is -0.0819 e. The van der Waals surface area contributed by atoms with Gasteiger partial charge in [-0.2, -0.15) is 0 Å². The van der Waals surface area contributed by atoms with Crippen LogP contribution in [-0.2, 0) is 0 Å². The van der Waals surface area contributed by atoms with Crippen LogP contribution in [0.1, 0.15) is 20.3 Å². The number of hydrogen-bond acceptors (Lipinski definition) is 0. The Labute approximate surface area is 50.6 Å². The van der Waals surface area contributed by atoms with E-state index in [4.69, 9.17) is 0 Å². The van der Waals surface area contributed by atoms with Gasteiger partial charge in [-0.05, 0) is 31.1 Å². The molecule has 0 saturated heterocycles. The molecule has 0 spiro atoms. The molecule has 0 radical (unpaired) electrons. The second-order valence-electron chi connectivity index (χ2n) is 3.32. The van der Waals surface area contributed by atoms with Crippen molar-refractivity contribution in [3.8, 4) is 0 Å². The Balaban J connectivity index is 2.16. The molecule has 0 nitrogen and oxygen atoms in total. The Bertz CT molecular complexity index is 144. The number of fused-ring (bicyclic) bond motifs is 1. The highest BCUT2D eigenvalue weighted by Crippen LogP contribution is 2.55. The lowest BCUT2D eigenvalue weighted by Crippen LogP contribution is -1.78. The van der Waals surface area contributed by atoms with Crippen LogP contribution in [0.3, 0.4) is 0 Å². The van der Waals surface area contributed by atoms with E-state index < -0.39 is 0 Å². The van der Waals surface area contributed by atoms with Crippen molar-refractivity contribution in [3.05, 3.63) is 11.6 Å². The lowest BCUT2D eigenvalue weighted by molar-refractivity contribution is 0.747. The third kappa shape index (κ3) is 0.410. The first-order chi connectivity index (χ1) is 3.79. The summed E-state index contributed by atoms with van der Waals surface area (Å²) in [5.74, 6) is 3.09. The SMILES string of the molecule is CC1=CC2C(C)C2C1. The fourth-order valence-electron chi connectivity index (χ4n) is 1.95. The molecule has 0 heteroatoms. The first-order valence-corrected chi connectivity index (χ1v) is 3.46. The fraction of sp³-hybridized carbons (Fsp3) is 0.750. The Hall–Kier alpha value is -0.260. The van der Waals surface area contributed by atoms with E-state index in [1.807, 2.05) is 0 Å². The van der Waals surface area contributed by atoms with Crippen LogP contribution in [0.2, 0.25) is 0 Å². The molecule has 2 aliphatic rings. The highest BCUT2D eigenvalue weighted by atomic mass is 14.5. The zero-order chi connectivity index (χ0) is 5.72. The highest BCUT2D eigenvalue weighted by molar-refractivity contribution is 5.22. The molecule has 0 N–H and O–H groups in total. The molecule has 3 atom stereocenters. The van der Waals surface area contributed by atoms with Crippen molar-refractivity contribution in [3.63, 3.8) is 0 Å². The number of allylic oxidation sites excluding steroid dienone is 2. The van der Waals surface area contributed by atoms with Crippen LogP contribution in [0.4, 0.5) is 0 Å². The van der Waals surface area contributed by atoms with Crippen molar-refractivity contribution in [1.82, 2.24) is 0 Å². The van der Waals surface area contributed by atoms with Crippen LogP contribution in [0.25, 0.3) is 0 Å². The van der Waals surface area contributed by atoms with E-state index in [9.17, 15) is 0 Å². The maximum Gasteiger partial charge on any atom is -0.0168 e. The lowest BCUT2D eigenvalue weighted by Gasteiger charge is -1.92. The minimum atomic E-state index is 0.995. The van der Waals surface area contributed by atoms with E-state index in [0.717, 1.165) is 17.8 Å². The molecule has 0 bridgehead atoms. The van der Waals surface area contributed by atoms with Crippen molar-refractivity contribution in [2.75, 3.05) is 0 Å². The van der Waals surface area contributed by atoms with Gasteiger partial charge in [0.15, 0.2) is 0 Å². The van der Waals surface area contributed by atoms with E-state index in [2.05, 4.69) is 19.9 Å². The molecule has 0 aliphatic heterocycles. The summed E-state index contributed by atoms with van der Waals surface area (Å²) < 4.78 is 0. The van der Waals surface area contributed by atoms with Crippen LogP contribution in [0.15, 0.2) is 11.6 Å². The monoisotopic (exact) mass is 108 g/mol. The predicted octanol–water partition coefficient (Wildman–Crippen LogP) is 2.22. The Kier molecular flexibility index (Phi) is 0.677. The zero-order valence-electron chi connectivity index (χ0n) is 5.52. The minimum absolute atomic E-state index is 0.995. The summed E-state index contributed by atoms with van der Waals surface area (Å²) in [4.78, 5) is 0. The van der Waals surface area contributed by atoms with Gasteiger partial charge in [0.25, 0.3) is 0 Å². The first-order valence-electron chi connectivity index (χ1n) is 3.46. The van der Waals surface area contributed by atoms with E-state index in [-0.39, 0.29) is 0 Å². The predicted molar refractivity (Wildman–Crippen MR) is 34.5 cm³/mol. The molecule has 2 aliphatic carbocycles. The summed E-state index contributed by atoms with van der Waals surface area (Å²) in [6, 6.07) is 0. The molecule has 0 aromatic heterocycles. The fourth-order valence-corrected chi connectivity index (χ4v) is 1.95. The van der Waals surface area contributed by atoms with E-state index in [0.29, 0.717) is 0 Å². The number of rotatable bonds is 0. The Morgan fingerprint density at radius 2 is 2.38 bits per heavy atom. The van der Waals surface area contributed by atoms with E-state index in [1.165, 1.54) is 6.42 Å². The molecule has 0 heterocycles. The van der Waals surface area contributed by atoms with Gasteiger partial charge in [0.1, 0.15) is 0 Å². The van der Waals surface area contributed by atoms with Gasteiger partial charge in [0, 0.05) is 0 Å². The summed E-state index contributed by atoms with van der Waals surface area (Å²) in [5, 5.41) is 0. The van der Waals surface area contributed by atoms with Gasteiger partial charge in [-0.25, -0.2) is 0 Å². The number of hydrogen-bond donors (Lipinski definition) is 0. The molecular weight excluding hydrogens is 96.1 g/mol. The molecule has 0 aromatic carbocycles. The molecule has 3 unspecified atom stereocenters. The van der Waals surface area contributed by atoms with Crippen LogP contribution >= 0.6 is 0 Å². The quantitative estimate of drug-likeness (QED) is 0.417. The Morgan fingerprint density at radius 1 is 1.62 bits per heavy atom. The maximum absolute atomic E-state index is 2.45. The van der Waals surface area contributed by atoms with Gasteiger partial charge in [0.05, 0.1) is 0 Å². The van der Waals surface area contributed by atoms with Crippen LogP contribution in [0, 0.1) is 17.8 Å². The average molecular weight is 108 g/mol. The van der Waals surface area contributed by atoms with Crippen molar-refractivity contribution < 1.29 is 0 Å². The van der Waals surface area contributed by atoms with Gasteiger partial charge in [-0.1, -0.05) is 18.6 Å². The molecule has 0 amide bonds.